The summed E-state index contributed by atoms with van der Waals surface area (Å²) in [7, 11) is 3.42. The molecule has 0 heterocycles. The summed E-state index contributed by atoms with van der Waals surface area (Å²) >= 11 is 0. The number of hydrogen-bond donors (Lipinski definition) is 1. The third-order valence-electron chi connectivity index (χ3n) is 2.23. The normalized spacial score (nSPS) is 8.81. The lowest BCUT2D eigenvalue weighted by atomic mass is 10.1. The van der Waals surface area contributed by atoms with Crippen LogP contribution in [-0.4, -0.2) is 25.0 Å². The van der Waals surface area contributed by atoms with Gasteiger partial charge in [0.25, 0.3) is 0 Å². The van der Waals surface area contributed by atoms with E-state index in [0.717, 1.165) is 0 Å². The summed E-state index contributed by atoms with van der Waals surface area (Å²) in [6.07, 6.45) is 0. The van der Waals surface area contributed by atoms with E-state index in [4.69, 9.17) is 0 Å². The van der Waals surface area contributed by atoms with Crippen molar-refractivity contribution in [2.75, 3.05) is 14.1 Å². The highest BCUT2D eigenvalue weighted by Gasteiger charge is 2.07. The summed E-state index contributed by atoms with van der Waals surface area (Å²) in [6.45, 7) is 6.69. The fourth-order valence-corrected chi connectivity index (χ4v) is 1.31. The monoisotopic (exact) mass is 222 g/mol. The van der Waals surface area contributed by atoms with Gasteiger partial charge in [-0.1, -0.05) is 38.1 Å². The summed E-state index contributed by atoms with van der Waals surface area (Å²) in [5.74, 6) is 0. The first-order valence-corrected chi connectivity index (χ1v) is 5.62. The Bertz CT molecular complexity index is 323. The molecule has 0 aliphatic rings. The second-order valence-electron chi connectivity index (χ2n) is 3.34. The summed E-state index contributed by atoms with van der Waals surface area (Å²) in [4.78, 5) is 12.9. The van der Waals surface area contributed by atoms with Crippen molar-refractivity contribution in [2.45, 2.75) is 27.3 Å². The van der Waals surface area contributed by atoms with Crippen LogP contribution < -0.4 is 5.32 Å². The number of nitrogens with one attached hydrogen (secondary N) is 1. The van der Waals surface area contributed by atoms with Crippen LogP contribution in [0.4, 0.5) is 4.79 Å². The largest absolute Gasteiger partial charge is 0.341 e. The van der Waals surface area contributed by atoms with Crippen LogP contribution in [-0.2, 0) is 6.54 Å². The van der Waals surface area contributed by atoms with E-state index in [1.54, 1.807) is 19.0 Å². The van der Waals surface area contributed by atoms with Crippen molar-refractivity contribution in [3.8, 4) is 0 Å². The van der Waals surface area contributed by atoms with Crippen molar-refractivity contribution in [3.63, 3.8) is 0 Å². The number of benzene rings is 1. The third-order valence-corrected chi connectivity index (χ3v) is 2.23. The number of nitrogens with zero attached hydrogens (tertiary/aromatic N) is 1. The number of hydrogen-bond acceptors (Lipinski definition) is 1. The van der Waals surface area contributed by atoms with E-state index in [2.05, 4.69) is 5.32 Å². The van der Waals surface area contributed by atoms with Crippen LogP contribution in [0.1, 0.15) is 25.0 Å². The Morgan fingerprint density at radius 3 is 2.38 bits per heavy atom. The molecule has 90 valence electrons. The van der Waals surface area contributed by atoms with Crippen molar-refractivity contribution in [3.05, 3.63) is 35.4 Å². The van der Waals surface area contributed by atoms with E-state index in [0.29, 0.717) is 6.54 Å². The molecule has 0 aliphatic heterocycles. The second kappa shape index (κ2) is 7.74. The summed E-state index contributed by atoms with van der Waals surface area (Å²) in [6, 6.07) is 8.01. The van der Waals surface area contributed by atoms with Gasteiger partial charge in [0.05, 0.1) is 0 Å². The molecule has 3 nitrogen and oxygen atoms in total. The topological polar surface area (TPSA) is 32.3 Å². The molecule has 0 unspecified atom stereocenters. The molecule has 3 heteroatoms. The van der Waals surface area contributed by atoms with Gasteiger partial charge in [0.15, 0.2) is 0 Å². The van der Waals surface area contributed by atoms with Gasteiger partial charge < -0.3 is 10.2 Å². The standard InChI is InChI=1S/C11H16N2O.C2H6/c1-9-6-4-5-7-10(9)8-13(3)11(14)12-2;1-2/h4-7H,8H2,1-3H3,(H,12,14);1-2H3. The van der Waals surface area contributed by atoms with Gasteiger partial charge in [-0.05, 0) is 18.1 Å². The van der Waals surface area contributed by atoms with Gasteiger partial charge in [-0.25, -0.2) is 4.79 Å². The number of amides is 2. The Labute approximate surface area is 98.5 Å². The van der Waals surface area contributed by atoms with Gasteiger partial charge in [-0.2, -0.15) is 0 Å². The molecule has 0 saturated carbocycles. The van der Waals surface area contributed by atoms with Crippen LogP contribution >= 0.6 is 0 Å². The maximum absolute atomic E-state index is 11.2. The Balaban J connectivity index is 0.00000106. The molecule has 1 rings (SSSR count). The van der Waals surface area contributed by atoms with Crippen LogP contribution in [0.25, 0.3) is 0 Å². The molecule has 1 aromatic rings. The number of aryl methyl sites for hydroxylation is 1. The average molecular weight is 222 g/mol. The lowest BCUT2D eigenvalue weighted by Crippen LogP contribution is -2.34. The second-order valence-corrected chi connectivity index (χ2v) is 3.34. The molecule has 16 heavy (non-hydrogen) atoms. The summed E-state index contributed by atoms with van der Waals surface area (Å²) in [5, 5.41) is 2.59. The highest BCUT2D eigenvalue weighted by molar-refractivity contribution is 5.73. The lowest BCUT2D eigenvalue weighted by molar-refractivity contribution is 0.209. The van der Waals surface area contributed by atoms with Crippen LogP contribution in [0, 0.1) is 6.92 Å². The number of carbonyl (C=O) groups is 1. The SMILES string of the molecule is CC.CNC(=O)N(C)Cc1ccccc1C. The fourth-order valence-electron chi connectivity index (χ4n) is 1.31. The number of carbonyl (C=O) groups excluding carboxylic acids is 1. The van der Waals surface area contributed by atoms with Gasteiger partial charge in [0.2, 0.25) is 0 Å². The molecular weight excluding hydrogens is 200 g/mol. The number of rotatable bonds is 2. The van der Waals surface area contributed by atoms with Crippen molar-refractivity contribution in [1.82, 2.24) is 10.2 Å². The Morgan fingerprint density at radius 2 is 1.88 bits per heavy atom. The molecule has 1 N–H and O–H groups in total. The first kappa shape index (κ1) is 14.5. The zero-order chi connectivity index (χ0) is 12.6. The van der Waals surface area contributed by atoms with Crippen molar-refractivity contribution in [2.24, 2.45) is 0 Å². The average Bonchev–Trinajstić information content (AvgIpc) is 2.33. The van der Waals surface area contributed by atoms with Crippen LogP contribution in [0.2, 0.25) is 0 Å². The van der Waals surface area contributed by atoms with E-state index in [-0.39, 0.29) is 6.03 Å². The van der Waals surface area contributed by atoms with E-state index in [1.807, 2.05) is 45.0 Å². The maximum atomic E-state index is 11.2. The highest BCUT2D eigenvalue weighted by atomic mass is 16.2. The molecule has 0 aromatic heterocycles. The zero-order valence-corrected chi connectivity index (χ0v) is 10.9. The zero-order valence-electron chi connectivity index (χ0n) is 10.9. The smallest absolute Gasteiger partial charge is 0.317 e. The van der Waals surface area contributed by atoms with Crippen molar-refractivity contribution < 1.29 is 4.79 Å². The first-order chi connectivity index (χ1) is 7.65. The Hall–Kier alpha value is -1.51. The Kier molecular flexibility index (Phi) is 7.01. The molecule has 0 aliphatic carbocycles. The van der Waals surface area contributed by atoms with Gasteiger partial charge in [0.1, 0.15) is 0 Å². The maximum Gasteiger partial charge on any atom is 0.317 e. The fraction of sp³-hybridized carbons (Fsp3) is 0.462. The lowest BCUT2D eigenvalue weighted by Gasteiger charge is -2.17. The predicted molar refractivity (Wildman–Crippen MR) is 68.4 cm³/mol. The van der Waals surface area contributed by atoms with Crippen molar-refractivity contribution in [1.29, 1.82) is 0 Å². The van der Waals surface area contributed by atoms with E-state index >= 15 is 0 Å². The third kappa shape index (κ3) is 4.34. The van der Waals surface area contributed by atoms with Gasteiger partial charge in [0, 0.05) is 20.6 Å². The molecule has 0 fully saturated rings. The number of urea groups is 1. The van der Waals surface area contributed by atoms with Crippen LogP contribution in [0.5, 0.6) is 0 Å². The minimum Gasteiger partial charge on any atom is -0.341 e. The van der Waals surface area contributed by atoms with Gasteiger partial charge in [-0.3, -0.25) is 0 Å². The minimum absolute atomic E-state index is 0.0618. The minimum atomic E-state index is -0.0618. The van der Waals surface area contributed by atoms with Gasteiger partial charge >= 0.3 is 6.03 Å². The van der Waals surface area contributed by atoms with Gasteiger partial charge in [-0.15, -0.1) is 0 Å². The van der Waals surface area contributed by atoms with Crippen molar-refractivity contribution >= 4 is 6.03 Å². The highest BCUT2D eigenvalue weighted by Crippen LogP contribution is 2.09. The van der Waals surface area contributed by atoms with E-state index < -0.39 is 0 Å². The molecule has 0 bridgehead atoms. The van der Waals surface area contributed by atoms with E-state index in [9.17, 15) is 4.79 Å². The molecule has 0 radical (unpaired) electrons. The molecule has 0 atom stereocenters. The molecule has 1 aromatic carbocycles. The van der Waals surface area contributed by atoms with E-state index in [1.165, 1.54) is 11.1 Å². The molecule has 0 spiro atoms. The quantitative estimate of drug-likeness (QED) is 0.820. The molecular formula is C13H22N2O. The molecule has 0 saturated heterocycles. The summed E-state index contributed by atoms with van der Waals surface area (Å²) in [5.41, 5.74) is 2.39. The molecule has 2 amide bonds. The Morgan fingerprint density at radius 1 is 1.31 bits per heavy atom. The van der Waals surface area contributed by atoms with Crippen LogP contribution in [0.15, 0.2) is 24.3 Å². The predicted octanol–water partition coefficient (Wildman–Crippen LogP) is 2.79. The summed E-state index contributed by atoms with van der Waals surface area (Å²) < 4.78 is 0. The first-order valence-electron chi connectivity index (χ1n) is 5.62. The van der Waals surface area contributed by atoms with Crippen LogP contribution in [0.3, 0.4) is 0 Å².